The molecule has 1 aromatic heterocycles. The number of phenols is 1. The first-order chi connectivity index (χ1) is 12.5. The van der Waals surface area contributed by atoms with E-state index in [9.17, 15) is 14.3 Å². The van der Waals surface area contributed by atoms with Crippen LogP contribution in [0.5, 0.6) is 5.75 Å². The van der Waals surface area contributed by atoms with Gasteiger partial charge in [-0.3, -0.25) is 4.79 Å². The molecule has 0 aliphatic heterocycles. The summed E-state index contributed by atoms with van der Waals surface area (Å²) < 4.78 is 13.3. The Morgan fingerprint density at radius 2 is 1.92 bits per heavy atom. The van der Waals surface area contributed by atoms with Gasteiger partial charge in [-0.2, -0.15) is 0 Å². The van der Waals surface area contributed by atoms with Gasteiger partial charge in [0.25, 0.3) is 5.91 Å². The topological polar surface area (TPSA) is 87.1 Å². The standard InChI is InChI=1S/C19H19FN4O2/c1-3-4-14(20)6-5-13(2)23-19(26)17-11-18(22-12-21-17)24-15-7-9-16(25)10-8-15/h3-12,25H,1-2H3,(H,23,26)(H,21,22,24)/b4-3-,13-5+,14-6+. The number of carbonyl (C=O) groups excluding carboxylic acids is 1. The van der Waals surface area contributed by atoms with Crippen LogP contribution in [0.15, 0.2) is 72.5 Å². The molecule has 0 unspecified atom stereocenters. The van der Waals surface area contributed by atoms with Crippen LogP contribution in [0.25, 0.3) is 0 Å². The molecule has 0 saturated carbocycles. The van der Waals surface area contributed by atoms with Crippen LogP contribution in [-0.4, -0.2) is 21.0 Å². The van der Waals surface area contributed by atoms with E-state index < -0.39 is 11.7 Å². The van der Waals surface area contributed by atoms with Gasteiger partial charge in [-0.05, 0) is 56.3 Å². The number of halogens is 1. The van der Waals surface area contributed by atoms with E-state index >= 15 is 0 Å². The fraction of sp³-hybridized carbons (Fsp3) is 0.105. The van der Waals surface area contributed by atoms with E-state index in [1.807, 2.05) is 0 Å². The molecule has 1 heterocycles. The zero-order valence-corrected chi connectivity index (χ0v) is 14.4. The van der Waals surface area contributed by atoms with Gasteiger partial charge in [0.15, 0.2) is 0 Å². The summed E-state index contributed by atoms with van der Waals surface area (Å²) in [4.78, 5) is 20.2. The summed E-state index contributed by atoms with van der Waals surface area (Å²) >= 11 is 0. The Morgan fingerprint density at radius 1 is 1.19 bits per heavy atom. The van der Waals surface area contributed by atoms with Crippen LogP contribution < -0.4 is 10.6 Å². The van der Waals surface area contributed by atoms with Crippen LogP contribution in [0, 0.1) is 0 Å². The SMILES string of the molecule is C\C=C/C(F)=C\C=C(/C)NC(=O)c1cc(Nc2ccc(O)cc2)ncn1. The minimum Gasteiger partial charge on any atom is -0.508 e. The highest BCUT2D eigenvalue weighted by Crippen LogP contribution is 2.18. The Balaban J connectivity index is 2.06. The van der Waals surface area contributed by atoms with E-state index in [0.717, 1.165) is 0 Å². The number of allylic oxidation sites excluding steroid dienone is 6. The summed E-state index contributed by atoms with van der Waals surface area (Å²) in [5.74, 6) is -0.268. The van der Waals surface area contributed by atoms with E-state index in [2.05, 4.69) is 20.6 Å². The second-order valence-electron chi connectivity index (χ2n) is 5.32. The molecule has 26 heavy (non-hydrogen) atoms. The summed E-state index contributed by atoms with van der Waals surface area (Å²) in [6.07, 6.45) is 6.88. The van der Waals surface area contributed by atoms with Gasteiger partial charge in [0.1, 0.15) is 29.4 Å². The number of hydrogen-bond donors (Lipinski definition) is 3. The molecule has 0 fully saturated rings. The third-order valence-corrected chi connectivity index (χ3v) is 3.17. The van der Waals surface area contributed by atoms with Gasteiger partial charge in [-0.1, -0.05) is 6.08 Å². The largest absolute Gasteiger partial charge is 0.508 e. The molecular formula is C19H19FN4O2. The average Bonchev–Trinajstić information content (AvgIpc) is 2.62. The molecule has 0 spiro atoms. The third kappa shape index (κ3) is 5.86. The molecule has 0 bridgehead atoms. The lowest BCUT2D eigenvalue weighted by Crippen LogP contribution is -2.22. The van der Waals surface area contributed by atoms with Gasteiger partial charge >= 0.3 is 0 Å². The number of nitrogens with zero attached hydrogens (tertiary/aromatic N) is 2. The molecule has 2 aromatic rings. The van der Waals surface area contributed by atoms with Crippen LogP contribution in [0.2, 0.25) is 0 Å². The number of hydrogen-bond acceptors (Lipinski definition) is 5. The molecule has 6 nitrogen and oxygen atoms in total. The second kappa shape index (κ2) is 9.12. The lowest BCUT2D eigenvalue weighted by Gasteiger charge is -2.08. The van der Waals surface area contributed by atoms with Crippen molar-refractivity contribution in [3.8, 4) is 5.75 Å². The van der Waals surface area contributed by atoms with E-state index in [1.54, 1.807) is 32.1 Å². The van der Waals surface area contributed by atoms with E-state index in [0.29, 0.717) is 17.2 Å². The van der Waals surface area contributed by atoms with Crippen molar-refractivity contribution < 1.29 is 14.3 Å². The van der Waals surface area contributed by atoms with Crippen LogP contribution in [0.3, 0.4) is 0 Å². The minimum absolute atomic E-state index is 0.153. The van der Waals surface area contributed by atoms with Crippen LogP contribution >= 0.6 is 0 Å². The van der Waals surface area contributed by atoms with Crippen molar-refractivity contribution in [1.29, 1.82) is 0 Å². The zero-order chi connectivity index (χ0) is 18.9. The number of rotatable bonds is 6. The quantitative estimate of drug-likeness (QED) is 0.539. The Hall–Kier alpha value is -3.48. The lowest BCUT2D eigenvalue weighted by atomic mass is 10.3. The van der Waals surface area contributed by atoms with Crippen LogP contribution in [0.4, 0.5) is 15.9 Å². The molecule has 7 heteroatoms. The highest BCUT2D eigenvalue weighted by atomic mass is 19.1. The molecule has 1 aromatic carbocycles. The molecule has 0 radical (unpaired) electrons. The summed E-state index contributed by atoms with van der Waals surface area (Å²) in [6, 6.07) is 7.91. The van der Waals surface area contributed by atoms with Crippen molar-refractivity contribution in [2.75, 3.05) is 5.32 Å². The number of aromatic nitrogens is 2. The second-order valence-corrected chi connectivity index (χ2v) is 5.32. The van der Waals surface area contributed by atoms with Crippen molar-refractivity contribution in [3.63, 3.8) is 0 Å². The smallest absolute Gasteiger partial charge is 0.274 e. The maximum Gasteiger partial charge on any atom is 0.274 e. The van der Waals surface area contributed by atoms with Crippen LogP contribution in [-0.2, 0) is 0 Å². The van der Waals surface area contributed by atoms with Gasteiger partial charge in [-0.15, -0.1) is 0 Å². The first-order valence-electron chi connectivity index (χ1n) is 7.84. The Kier molecular flexibility index (Phi) is 6.61. The Bertz CT molecular complexity index is 858. The van der Waals surface area contributed by atoms with Gasteiger partial charge < -0.3 is 15.7 Å². The first kappa shape index (κ1) is 18.9. The number of nitrogens with one attached hydrogen (secondary N) is 2. The zero-order valence-electron chi connectivity index (χ0n) is 14.4. The lowest BCUT2D eigenvalue weighted by molar-refractivity contribution is 0.0961. The fourth-order valence-corrected chi connectivity index (χ4v) is 1.95. The highest BCUT2D eigenvalue weighted by molar-refractivity contribution is 5.94. The minimum atomic E-state index is -0.435. The summed E-state index contributed by atoms with van der Waals surface area (Å²) in [7, 11) is 0. The van der Waals surface area contributed by atoms with Gasteiger partial charge in [0.05, 0.1) is 0 Å². The molecule has 3 N–H and O–H groups in total. The maximum absolute atomic E-state index is 13.3. The average molecular weight is 354 g/mol. The van der Waals surface area contributed by atoms with Gasteiger partial charge in [0, 0.05) is 17.5 Å². The fourth-order valence-electron chi connectivity index (χ4n) is 1.95. The summed E-state index contributed by atoms with van der Waals surface area (Å²) in [6.45, 7) is 3.36. The third-order valence-electron chi connectivity index (χ3n) is 3.17. The molecule has 0 atom stereocenters. The van der Waals surface area contributed by atoms with Crippen LogP contribution in [0.1, 0.15) is 24.3 Å². The molecule has 0 aliphatic carbocycles. The molecule has 0 saturated heterocycles. The maximum atomic E-state index is 13.3. The van der Waals surface area contributed by atoms with Crippen molar-refractivity contribution in [2.24, 2.45) is 0 Å². The number of anilines is 2. The molecule has 134 valence electrons. The van der Waals surface area contributed by atoms with E-state index in [1.165, 1.54) is 42.8 Å². The predicted octanol–water partition coefficient (Wildman–Crippen LogP) is 3.99. The van der Waals surface area contributed by atoms with Gasteiger partial charge in [-0.25, -0.2) is 14.4 Å². The Labute approximate surface area is 150 Å². The Morgan fingerprint density at radius 3 is 2.62 bits per heavy atom. The van der Waals surface area contributed by atoms with Crippen molar-refractivity contribution in [1.82, 2.24) is 15.3 Å². The number of aromatic hydroxyl groups is 1. The highest BCUT2D eigenvalue weighted by Gasteiger charge is 2.09. The molecule has 2 rings (SSSR count). The summed E-state index contributed by atoms with van der Waals surface area (Å²) in [5.41, 5.74) is 1.33. The molecule has 1 amide bonds. The monoisotopic (exact) mass is 354 g/mol. The van der Waals surface area contributed by atoms with Crippen molar-refractivity contribution in [3.05, 3.63) is 78.2 Å². The van der Waals surface area contributed by atoms with Crippen molar-refractivity contribution >= 4 is 17.4 Å². The molecular weight excluding hydrogens is 335 g/mol. The number of benzene rings is 1. The number of carbonyl (C=O) groups is 1. The predicted molar refractivity (Wildman–Crippen MR) is 98.6 cm³/mol. The molecule has 0 aliphatic rings. The van der Waals surface area contributed by atoms with Gasteiger partial charge in [0.2, 0.25) is 0 Å². The van der Waals surface area contributed by atoms with E-state index in [4.69, 9.17) is 0 Å². The normalized spacial score (nSPS) is 12.3. The number of phenolic OH excluding ortho intramolecular Hbond substituents is 1. The van der Waals surface area contributed by atoms with E-state index in [-0.39, 0.29) is 11.4 Å². The summed E-state index contributed by atoms with van der Waals surface area (Å²) in [5, 5.41) is 14.9. The number of amides is 1. The first-order valence-corrected chi connectivity index (χ1v) is 7.84. The van der Waals surface area contributed by atoms with Crippen molar-refractivity contribution in [2.45, 2.75) is 13.8 Å².